The van der Waals surface area contributed by atoms with Gasteiger partial charge in [0.25, 0.3) is 0 Å². The van der Waals surface area contributed by atoms with E-state index in [0.29, 0.717) is 25.8 Å². The number of fused-ring (bicyclic) bond motifs is 3. The molecule has 0 spiro atoms. The number of benzene rings is 2. The van der Waals surface area contributed by atoms with E-state index in [1.165, 1.54) is 0 Å². The predicted octanol–water partition coefficient (Wildman–Crippen LogP) is 4.65. The third-order valence-electron chi connectivity index (χ3n) is 7.57. The van der Waals surface area contributed by atoms with Crippen molar-refractivity contribution < 1.29 is 24.2 Å². The smallest absolute Gasteiger partial charge is 0.407 e. The maximum absolute atomic E-state index is 13.4. The molecule has 1 aliphatic carbocycles. The molecule has 2 aromatic carbocycles. The van der Waals surface area contributed by atoms with Crippen LogP contribution in [-0.4, -0.2) is 53.7 Å². The van der Waals surface area contributed by atoms with Crippen LogP contribution in [0.4, 0.5) is 4.79 Å². The Morgan fingerprint density at radius 2 is 1.69 bits per heavy atom. The van der Waals surface area contributed by atoms with Gasteiger partial charge in [0.2, 0.25) is 5.91 Å². The van der Waals surface area contributed by atoms with Crippen molar-refractivity contribution in [1.82, 2.24) is 10.2 Å². The fourth-order valence-corrected chi connectivity index (χ4v) is 5.41. The number of rotatable bonds is 7. The molecule has 2 atom stereocenters. The van der Waals surface area contributed by atoms with Gasteiger partial charge in [-0.1, -0.05) is 69.3 Å². The van der Waals surface area contributed by atoms with Gasteiger partial charge in [-0.3, -0.25) is 9.59 Å². The van der Waals surface area contributed by atoms with Crippen molar-refractivity contribution in [2.45, 2.75) is 52.0 Å². The Morgan fingerprint density at radius 3 is 2.23 bits per heavy atom. The molecule has 2 amide bonds. The summed E-state index contributed by atoms with van der Waals surface area (Å²) in [6.07, 6.45) is 0.991. The molecule has 35 heavy (non-hydrogen) atoms. The van der Waals surface area contributed by atoms with Gasteiger partial charge in [0, 0.05) is 19.0 Å². The number of ether oxygens (including phenoxy) is 1. The maximum Gasteiger partial charge on any atom is 0.407 e. The van der Waals surface area contributed by atoms with Crippen LogP contribution in [0.3, 0.4) is 0 Å². The summed E-state index contributed by atoms with van der Waals surface area (Å²) in [5.41, 5.74) is 3.61. The molecule has 2 N–H and O–H groups in total. The molecule has 1 aliphatic heterocycles. The molecule has 0 saturated carbocycles. The number of carbonyl (C=O) groups excluding carboxylic acids is 2. The number of piperidine rings is 1. The SMILES string of the molecule is CCC1(C(=O)O)CCCN(C(=O)[C@@H](NC(=O)OCC2c3ccccc3-c3ccccc32)C(C)C)C1. The van der Waals surface area contributed by atoms with E-state index in [4.69, 9.17) is 4.74 Å². The zero-order chi connectivity index (χ0) is 25.2. The van der Waals surface area contributed by atoms with Gasteiger partial charge in [0.05, 0.1) is 5.41 Å². The number of carbonyl (C=O) groups is 3. The lowest BCUT2D eigenvalue weighted by Crippen LogP contribution is -2.56. The minimum Gasteiger partial charge on any atom is -0.481 e. The Balaban J connectivity index is 1.43. The highest BCUT2D eigenvalue weighted by Crippen LogP contribution is 2.44. The largest absolute Gasteiger partial charge is 0.481 e. The van der Waals surface area contributed by atoms with Crippen molar-refractivity contribution in [3.05, 3.63) is 59.7 Å². The molecule has 1 unspecified atom stereocenters. The fourth-order valence-electron chi connectivity index (χ4n) is 5.41. The van der Waals surface area contributed by atoms with Gasteiger partial charge < -0.3 is 20.1 Å². The normalized spacial score (nSPS) is 20.2. The summed E-state index contributed by atoms with van der Waals surface area (Å²) in [5, 5.41) is 12.5. The molecule has 7 heteroatoms. The molecule has 7 nitrogen and oxygen atoms in total. The highest BCUT2D eigenvalue weighted by molar-refractivity contribution is 5.87. The first kappa shape index (κ1) is 24.8. The monoisotopic (exact) mass is 478 g/mol. The van der Waals surface area contributed by atoms with Crippen LogP contribution in [0, 0.1) is 11.3 Å². The summed E-state index contributed by atoms with van der Waals surface area (Å²) >= 11 is 0. The number of likely N-dealkylation sites (tertiary alicyclic amines) is 1. The molecular weight excluding hydrogens is 444 g/mol. The number of aliphatic carboxylic acids is 1. The summed E-state index contributed by atoms with van der Waals surface area (Å²) in [6, 6.07) is 15.5. The molecule has 1 saturated heterocycles. The standard InChI is InChI=1S/C28H34N2O5/c1-4-28(26(32)33)14-9-15-30(17-28)25(31)24(18(2)3)29-27(34)35-16-23-21-12-7-5-10-19(21)20-11-6-8-13-22(20)23/h5-8,10-13,18,23-24H,4,9,14-17H2,1-3H3,(H,29,34)(H,32,33)/t24-,28?/m0/s1. The Labute approximate surface area is 206 Å². The van der Waals surface area contributed by atoms with Crippen LogP contribution in [-0.2, 0) is 14.3 Å². The van der Waals surface area contributed by atoms with Gasteiger partial charge in [-0.15, -0.1) is 0 Å². The van der Waals surface area contributed by atoms with E-state index in [2.05, 4.69) is 29.6 Å². The topological polar surface area (TPSA) is 95.9 Å². The average molecular weight is 479 g/mol. The second kappa shape index (κ2) is 10.1. The van der Waals surface area contributed by atoms with Crippen LogP contribution >= 0.6 is 0 Å². The van der Waals surface area contributed by atoms with Crippen LogP contribution in [0.1, 0.15) is 57.1 Å². The molecule has 1 fully saturated rings. The van der Waals surface area contributed by atoms with Crippen LogP contribution in [0.15, 0.2) is 48.5 Å². The van der Waals surface area contributed by atoms with Gasteiger partial charge in [0.15, 0.2) is 0 Å². The molecule has 186 valence electrons. The lowest BCUT2D eigenvalue weighted by Gasteiger charge is -2.41. The Morgan fingerprint density at radius 1 is 1.09 bits per heavy atom. The van der Waals surface area contributed by atoms with Crippen LogP contribution in [0.2, 0.25) is 0 Å². The predicted molar refractivity (Wildman–Crippen MR) is 133 cm³/mol. The van der Waals surface area contributed by atoms with Crippen LogP contribution in [0.5, 0.6) is 0 Å². The Bertz CT molecular complexity index is 1070. The van der Waals surface area contributed by atoms with E-state index in [0.717, 1.165) is 22.3 Å². The van der Waals surface area contributed by atoms with Crippen molar-refractivity contribution in [3.63, 3.8) is 0 Å². The molecule has 2 aromatic rings. The molecule has 0 bridgehead atoms. The average Bonchev–Trinajstić information content (AvgIpc) is 3.19. The number of carboxylic acid groups (broad SMARTS) is 1. The molecule has 2 aliphatic rings. The Hall–Kier alpha value is -3.35. The van der Waals surface area contributed by atoms with E-state index >= 15 is 0 Å². The lowest BCUT2D eigenvalue weighted by atomic mass is 9.77. The molecule has 0 radical (unpaired) electrons. The zero-order valence-corrected chi connectivity index (χ0v) is 20.6. The van der Waals surface area contributed by atoms with Crippen molar-refractivity contribution in [3.8, 4) is 11.1 Å². The van der Waals surface area contributed by atoms with Crippen molar-refractivity contribution in [2.24, 2.45) is 11.3 Å². The zero-order valence-electron chi connectivity index (χ0n) is 20.6. The van der Waals surface area contributed by atoms with Crippen molar-refractivity contribution in [2.75, 3.05) is 19.7 Å². The first-order valence-corrected chi connectivity index (χ1v) is 12.4. The van der Waals surface area contributed by atoms with Crippen molar-refractivity contribution in [1.29, 1.82) is 0 Å². The van der Waals surface area contributed by atoms with Gasteiger partial charge >= 0.3 is 12.1 Å². The third-order valence-corrected chi connectivity index (χ3v) is 7.57. The second-order valence-corrected chi connectivity index (χ2v) is 9.99. The number of carboxylic acids is 1. The quantitative estimate of drug-likeness (QED) is 0.604. The maximum atomic E-state index is 13.4. The molecule has 1 heterocycles. The minimum atomic E-state index is -0.931. The summed E-state index contributed by atoms with van der Waals surface area (Å²) in [5.74, 6) is -1.37. The first-order chi connectivity index (χ1) is 16.8. The second-order valence-electron chi connectivity index (χ2n) is 9.99. The van der Waals surface area contributed by atoms with Gasteiger partial charge in [-0.05, 0) is 47.4 Å². The first-order valence-electron chi connectivity index (χ1n) is 12.4. The number of hydrogen-bond acceptors (Lipinski definition) is 4. The van der Waals surface area contributed by atoms with Gasteiger partial charge in [-0.25, -0.2) is 4.79 Å². The number of nitrogens with zero attached hydrogens (tertiary/aromatic N) is 1. The van der Waals surface area contributed by atoms with Crippen LogP contribution in [0.25, 0.3) is 11.1 Å². The lowest BCUT2D eigenvalue weighted by molar-refractivity contribution is -0.155. The summed E-state index contributed by atoms with van der Waals surface area (Å²) in [6.45, 7) is 6.38. The Kier molecular flexibility index (Phi) is 7.15. The van der Waals surface area contributed by atoms with Crippen molar-refractivity contribution >= 4 is 18.0 Å². The number of alkyl carbamates (subject to hydrolysis) is 1. The number of nitrogens with one attached hydrogen (secondary N) is 1. The number of amides is 2. The van der Waals surface area contributed by atoms with E-state index < -0.39 is 23.5 Å². The van der Waals surface area contributed by atoms with E-state index in [1.807, 2.05) is 45.0 Å². The molecule has 0 aromatic heterocycles. The minimum absolute atomic E-state index is 0.0656. The van der Waals surface area contributed by atoms with E-state index in [9.17, 15) is 19.5 Å². The van der Waals surface area contributed by atoms with E-state index in [-0.39, 0.29) is 30.9 Å². The van der Waals surface area contributed by atoms with Gasteiger partial charge in [-0.2, -0.15) is 0 Å². The number of hydrogen-bond donors (Lipinski definition) is 2. The highest BCUT2D eigenvalue weighted by atomic mass is 16.5. The third kappa shape index (κ3) is 4.77. The highest BCUT2D eigenvalue weighted by Gasteiger charge is 2.43. The van der Waals surface area contributed by atoms with E-state index in [1.54, 1.807) is 4.90 Å². The fraction of sp³-hybridized carbons (Fsp3) is 0.464. The molecule has 4 rings (SSSR count). The summed E-state index contributed by atoms with van der Waals surface area (Å²) in [7, 11) is 0. The summed E-state index contributed by atoms with van der Waals surface area (Å²) in [4.78, 5) is 39.7. The van der Waals surface area contributed by atoms with Crippen LogP contribution < -0.4 is 5.32 Å². The summed E-state index contributed by atoms with van der Waals surface area (Å²) < 4.78 is 5.64. The van der Waals surface area contributed by atoms with Gasteiger partial charge in [0.1, 0.15) is 12.6 Å². The molecular formula is C28H34N2O5.